The van der Waals surface area contributed by atoms with Crippen molar-refractivity contribution < 1.29 is 22.7 Å². The fourth-order valence-corrected chi connectivity index (χ4v) is 2.25. The number of alkyl halides is 3. The quantitative estimate of drug-likeness (QED) is 0.792. The number of aldehydes is 1. The molecule has 106 valence electrons. The molecule has 0 amide bonds. The molecular formula is C12H7ClF3NO2S. The van der Waals surface area contributed by atoms with Crippen molar-refractivity contribution in [2.75, 3.05) is 0 Å². The molecule has 0 saturated heterocycles. The SMILES string of the molecule is O=Cc1sccc1OCc1ncc(C(F)(F)F)cc1Cl. The molecule has 0 N–H and O–H groups in total. The lowest BCUT2D eigenvalue weighted by Gasteiger charge is -2.10. The number of nitrogens with zero attached hydrogens (tertiary/aromatic N) is 1. The average molecular weight is 322 g/mol. The second-order valence-electron chi connectivity index (χ2n) is 3.71. The summed E-state index contributed by atoms with van der Waals surface area (Å²) in [7, 11) is 0. The van der Waals surface area contributed by atoms with Gasteiger partial charge in [0.25, 0.3) is 0 Å². The first-order valence-corrected chi connectivity index (χ1v) is 6.54. The van der Waals surface area contributed by atoms with E-state index in [1.807, 2.05) is 0 Å². The van der Waals surface area contributed by atoms with E-state index in [1.165, 1.54) is 11.3 Å². The summed E-state index contributed by atoms with van der Waals surface area (Å²) in [5, 5.41) is 1.53. The van der Waals surface area contributed by atoms with Gasteiger partial charge in [0, 0.05) is 6.20 Å². The van der Waals surface area contributed by atoms with Crippen LogP contribution in [0, 0.1) is 0 Å². The van der Waals surface area contributed by atoms with Crippen molar-refractivity contribution in [2.24, 2.45) is 0 Å². The molecule has 20 heavy (non-hydrogen) atoms. The normalized spacial score (nSPS) is 11.4. The summed E-state index contributed by atoms with van der Waals surface area (Å²) in [4.78, 5) is 14.7. The number of carbonyl (C=O) groups is 1. The Bertz CT molecular complexity index is 627. The molecule has 0 saturated carbocycles. The molecule has 2 rings (SSSR count). The third kappa shape index (κ3) is 3.29. The lowest BCUT2D eigenvalue weighted by Crippen LogP contribution is -2.07. The molecular weight excluding hydrogens is 315 g/mol. The van der Waals surface area contributed by atoms with Gasteiger partial charge in [-0.25, -0.2) is 0 Å². The number of carbonyl (C=O) groups excluding carboxylic acids is 1. The van der Waals surface area contributed by atoms with Crippen LogP contribution in [0.3, 0.4) is 0 Å². The zero-order valence-electron chi connectivity index (χ0n) is 9.78. The molecule has 8 heteroatoms. The summed E-state index contributed by atoms with van der Waals surface area (Å²) in [6.07, 6.45) is -3.16. The summed E-state index contributed by atoms with van der Waals surface area (Å²) >= 11 is 6.94. The van der Waals surface area contributed by atoms with Gasteiger partial charge in [0.1, 0.15) is 17.2 Å². The first-order valence-electron chi connectivity index (χ1n) is 5.29. The van der Waals surface area contributed by atoms with Gasteiger partial charge in [-0.05, 0) is 17.5 Å². The molecule has 0 fully saturated rings. The van der Waals surface area contributed by atoms with E-state index < -0.39 is 11.7 Å². The van der Waals surface area contributed by atoms with Crippen molar-refractivity contribution in [3.05, 3.63) is 44.9 Å². The van der Waals surface area contributed by atoms with E-state index in [0.29, 0.717) is 23.1 Å². The summed E-state index contributed by atoms with van der Waals surface area (Å²) < 4.78 is 42.6. The fourth-order valence-electron chi connectivity index (χ4n) is 1.39. The van der Waals surface area contributed by atoms with E-state index in [4.69, 9.17) is 16.3 Å². The highest BCUT2D eigenvalue weighted by molar-refractivity contribution is 7.12. The Hall–Kier alpha value is -1.60. The minimum atomic E-state index is -4.49. The molecule has 0 aliphatic heterocycles. The lowest BCUT2D eigenvalue weighted by molar-refractivity contribution is -0.137. The van der Waals surface area contributed by atoms with Crippen molar-refractivity contribution in [1.82, 2.24) is 4.98 Å². The third-order valence-electron chi connectivity index (χ3n) is 2.37. The first-order chi connectivity index (χ1) is 9.41. The number of halogens is 4. The molecule has 0 spiro atoms. The molecule has 0 aliphatic rings. The third-order valence-corrected chi connectivity index (χ3v) is 3.52. The van der Waals surface area contributed by atoms with Gasteiger partial charge >= 0.3 is 6.18 Å². The minimum absolute atomic E-state index is 0.117. The topological polar surface area (TPSA) is 39.2 Å². The fraction of sp³-hybridized carbons (Fsp3) is 0.167. The van der Waals surface area contributed by atoms with E-state index >= 15 is 0 Å². The monoisotopic (exact) mass is 321 g/mol. The Morgan fingerprint density at radius 1 is 1.45 bits per heavy atom. The average Bonchev–Trinajstić information content (AvgIpc) is 2.83. The van der Waals surface area contributed by atoms with Gasteiger partial charge in [0.15, 0.2) is 6.29 Å². The van der Waals surface area contributed by atoms with Gasteiger partial charge in [-0.2, -0.15) is 13.2 Å². The van der Waals surface area contributed by atoms with E-state index in [1.54, 1.807) is 11.4 Å². The zero-order chi connectivity index (χ0) is 14.8. The Balaban J connectivity index is 2.13. The number of hydrogen-bond acceptors (Lipinski definition) is 4. The number of ether oxygens (including phenoxy) is 1. The number of aromatic nitrogens is 1. The van der Waals surface area contributed by atoms with Crippen LogP contribution >= 0.6 is 22.9 Å². The largest absolute Gasteiger partial charge is 0.486 e. The Morgan fingerprint density at radius 2 is 2.20 bits per heavy atom. The van der Waals surface area contributed by atoms with Crippen LogP contribution in [0.4, 0.5) is 13.2 Å². The molecule has 2 heterocycles. The number of rotatable bonds is 4. The number of thiophene rings is 1. The van der Waals surface area contributed by atoms with E-state index in [0.717, 1.165) is 6.07 Å². The van der Waals surface area contributed by atoms with Crippen molar-refractivity contribution >= 4 is 29.2 Å². The maximum Gasteiger partial charge on any atom is 0.417 e. The summed E-state index contributed by atoms with van der Waals surface area (Å²) in [6, 6.07) is 2.38. The molecule has 0 atom stereocenters. The highest BCUT2D eigenvalue weighted by atomic mass is 35.5. The molecule has 0 unspecified atom stereocenters. The van der Waals surface area contributed by atoms with Gasteiger partial charge in [-0.3, -0.25) is 9.78 Å². The predicted molar refractivity (Wildman–Crippen MR) is 68.3 cm³/mol. The van der Waals surface area contributed by atoms with Gasteiger partial charge in [-0.15, -0.1) is 11.3 Å². The van der Waals surface area contributed by atoms with Gasteiger partial charge in [-0.1, -0.05) is 11.6 Å². The highest BCUT2D eigenvalue weighted by Gasteiger charge is 2.31. The van der Waals surface area contributed by atoms with Crippen LogP contribution in [0.5, 0.6) is 5.75 Å². The van der Waals surface area contributed by atoms with Gasteiger partial charge in [0.05, 0.1) is 16.3 Å². The molecule has 2 aromatic rings. The standard InChI is InChI=1S/C12H7ClF3NO2S/c13-8-3-7(12(14,15)16)4-17-9(8)6-19-10-1-2-20-11(10)5-18/h1-5H,6H2. The Kier molecular flexibility index (Phi) is 4.29. The van der Waals surface area contributed by atoms with Crippen molar-refractivity contribution in [1.29, 1.82) is 0 Å². The Labute approximate surface area is 121 Å². The second-order valence-corrected chi connectivity index (χ2v) is 5.06. The zero-order valence-corrected chi connectivity index (χ0v) is 11.4. The molecule has 0 bridgehead atoms. The Morgan fingerprint density at radius 3 is 2.80 bits per heavy atom. The van der Waals surface area contributed by atoms with Crippen LogP contribution in [-0.2, 0) is 12.8 Å². The van der Waals surface area contributed by atoms with Crippen LogP contribution in [0.1, 0.15) is 20.9 Å². The van der Waals surface area contributed by atoms with Crippen LogP contribution in [0.15, 0.2) is 23.7 Å². The molecule has 0 radical (unpaired) electrons. The number of hydrogen-bond donors (Lipinski definition) is 0. The van der Waals surface area contributed by atoms with Crippen LogP contribution in [0.2, 0.25) is 5.02 Å². The maximum absolute atomic E-state index is 12.4. The van der Waals surface area contributed by atoms with Crippen molar-refractivity contribution in [2.45, 2.75) is 12.8 Å². The molecule has 3 nitrogen and oxygen atoms in total. The van der Waals surface area contributed by atoms with Crippen LogP contribution in [0.25, 0.3) is 0 Å². The van der Waals surface area contributed by atoms with Crippen LogP contribution in [-0.4, -0.2) is 11.3 Å². The first kappa shape index (κ1) is 14.8. The predicted octanol–water partition coefficient (Wildman–Crippen LogP) is 4.21. The molecule has 0 aromatic carbocycles. The van der Waals surface area contributed by atoms with E-state index in [2.05, 4.69) is 4.98 Å². The summed E-state index contributed by atoms with van der Waals surface area (Å²) in [5.41, 5.74) is -0.752. The van der Waals surface area contributed by atoms with E-state index in [-0.39, 0.29) is 17.3 Å². The maximum atomic E-state index is 12.4. The molecule has 0 aliphatic carbocycles. The van der Waals surface area contributed by atoms with E-state index in [9.17, 15) is 18.0 Å². The summed E-state index contributed by atoms with van der Waals surface area (Å²) in [6.45, 7) is -0.117. The highest BCUT2D eigenvalue weighted by Crippen LogP contribution is 2.31. The van der Waals surface area contributed by atoms with Gasteiger partial charge in [0.2, 0.25) is 0 Å². The van der Waals surface area contributed by atoms with Crippen LogP contribution < -0.4 is 4.74 Å². The molecule has 2 aromatic heterocycles. The minimum Gasteiger partial charge on any atom is -0.486 e. The van der Waals surface area contributed by atoms with Crippen molar-refractivity contribution in [3.63, 3.8) is 0 Å². The smallest absolute Gasteiger partial charge is 0.417 e. The number of pyridine rings is 1. The van der Waals surface area contributed by atoms with Crippen molar-refractivity contribution in [3.8, 4) is 5.75 Å². The van der Waals surface area contributed by atoms with Gasteiger partial charge < -0.3 is 4.74 Å². The lowest BCUT2D eigenvalue weighted by atomic mass is 10.2. The second kappa shape index (κ2) is 5.80. The summed E-state index contributed by atoms with van der Waals surface area (Å²) in [5.74, 6) is 0.350.